The molecule has 0 aliphatic rings. The topological polar surface area (TPSA) is 26.0 Å². The average molecular weight is 622 g/mol. The van der Waals surface area contributed by atoms with Crippen LogP contribution in [0, 0.1) is 6.92 Å². The van der Waals surface area contributed by atoms with Crippen LogP contribution in [0.25, 0.3) is 22.4 Å². The fourth-order valence-electron chi connectivity index (χ4n) is 4.23. The second-order valence-corrected chi connectivity index (χ2v) is 11.8. The smallest absolute Gasteiger partial charge is 0.181 e. The molecule has 0 amide bonds. The van der Waals surface area contributed by atoms with Gasteiger partial charge >= 0.3 is 0 Å². The van der Waals surface area contributed by atoms with Crippen LogP contribution < -0.4 is 15.9 Å². The van der Waals surface area contributed by atoms with Crippen molar-refractivity contribution < 1.29 is 4.42 Å². The summed E-state index contributed by atoms with van der Waals surface area (Å²) in [6.07, 6.45) is 4.42. The van der Waals surface area contributed by atoms with Crippen LogP contribution in [0.1, 0.15) is 18.9 Å². The third-order valence-electron chi connectivity index (χ3n) is 5.88. The highest BCUT2D eigenvalue weighted by Gasteiger charge is 2.25. The second kappa shape index (κ2) is 12.7. The molecule has 1 heterocycles. The van der Waals surface area contributed by atoms with Crippen molar-refractivity contribution in [1.29, 1.82) is 0 Å². The number of aryl methyl sites for hydroxylation is 1. The van der Waals surface area contributed by atoms with Crippen LogP contribution in [0.3, 0.4) is 0 Å². The summed E-state index contributed by atoms with van der Waals surface area (Å²) in [6, 6.07) is 35.4. The normalized spacial score (nSPS) is 10.9. The van der Waals surface area contributed by atoms with Gasteiger partial charge < -0.3 is 4.42 Å². The number of thioether (sulfide) groups is 1. The van der Waals surface area contributed by atoms with Gasteiger partial charge in [-0.15, -0.1) is 35.7 Å². The van der Waals surface area contributed by atoms with Gasteiger partial charge in [-0.1, -0.05) is 97.4 Å². The molecular formula is C31H29INOPS. The lowest BCUT2D eigenvalue weighted by atomic mass is 9.97. The largest absolute Gasteiger partial charge is 0.451 e. The van der Waals surface area contributed by atoms with E-state index in [1.807, 2.05) is 11.8 Å². The van der Waals surface area contributed by atoms with Crippen molar-refractivity contribution in [2.75, 3.05) is 5.75 Å². The molecule has 0 N–H and O–H groups in total. The molecule has 5 rings (SSSR count). The first kappa shape index (κ1) is 26.7. The third kappa shape index (κ3) is 5.94. The molecule has 0 fully saturated rings. The summed E-state index contributed by atoms with van der Waals surface area (Å²) in [6.45, 7) is 4.36. The summed E-state index contributed by atoms with van der Waals surface area (Å²) in [7, 11) is -0.793. The number of nitrogens with zero attached hydrogens (tertiary/aromatic N) is 1. The Morgan fingerprint density at radius 2 is 1.47 bits per heavy atom. The molecule has 0 atom stereocenters. The molecule has 0 saturated carbocycles. The first-order valence-corrected chi connectivity index (χ1v) is 14.2. The molecule has 0 radical (unpaired) electrons. The van der Waals surface area contributed by atoms with E-state index in [2.05, 4.69) is 116 Å². The highest BCUT2D eigenvalue weighted by atomic mass is 127. The monoisotopic (exact) mass is 621 g/mol. The zero-order chi connectivity index (χ0) is 24.0. The predicted octanol–water partition coefficient (Wildman–Crippen LogP) is 8.20. The van der Waals surface area contributed by atoms with Crippen LogP contribution in [0.4, 0.5) is 0 Å². The highest BCUT2D eigenvalue weighted by Crippen LogP contribution is 2.43. The number of oxazole rings is 1. The van der Waals surface area contributed by atoms with Gasteiger partial charge in [0, 0.05) is 10.5 Å². The van der Waals surface area contributed by atoms with E-state index in [-0.39, 0.29) is 24.0 Å². The predicted molar refractivity (Wildman–Crippen MR) is 167 cm³/mol. The quantitative estimate of drug-likeness (QED) is 0.0993. The maximum Gasteiger partial charge on any atom is 0.181 e. The minimum absolute atomic E-state index is 0. The number of hydrogen-bond acceptors (Lipinski definition) is 3. The fraction of sp³-hybridized carbons (Fsp3) is 0.129. The van der Waals surface area contributed by atoms with E-state index >= 15 is 0 Å². The zero-order valence-corrected chi connectivity index (χ0v) is 24.5. The minimum atomic E-state index is -0.793. The van der Waals surface area contributed by atoms with E-state index in [0.717, 1.165) is 23.4 Å². The maximum atomic E-state index is 5.46. The Morgan fingerprint density at radius 3 is 2.03 bits per heavy atom. The summed E-state index contributed by atoms with van der Waals surface area (Å²) in [4.78, 5) is 5.86. The lowest BCUT2D eigenvalue weighted by Gasteiger charge is -2.25. The van der Waals surface area contributed by atoms with Crippen molar-refractivity contribution in [2.24, 2.45) is 0 Å². The zero-order valence-electron chi connectivity index (χ0n) is 20.4. The van der Waals surface area contributed by atoms with Crippen LogP contribution >= 0.6 is 43.7 Å². The summed E-state index contributed by atoms with van der Waals surface area (Å²) in [5.41, 5.74) is 5.69. The minimum Gasteiger partial charge on any atom is -0.451 e. The number of rotatable bonds is 8. The molecule has 0 saturated heterocycles. The Balaban J connectivity index is 0.00000304. The SMILES string of the molecule is CCCSc1cc(-c2cocn2)c(-c2ccc(C)cc2)c(P(c2ccccc2)c2ccccc2)c1.I. The summed E-state index contributed by atoms with van der Waals surface area (Å²) < 4.78 is 5.46. The summed E-state index contributed by atoms with van der Waals surface area (Å²) >= 11 is 1.91. The van der Waals surface area contributed by atoms with Crippen molar-refractivity contribution in [3.8, 4) is 22.4 Å². The number of benzene rings is 4. The Hall–Kier alpha value is -2.40. The average Bonchev–Trinajstić information content (AvgIpc) is 3.44. The molecule has 5 heteroatoms. The van der Waals surface area contributed by atoms with Gasteiger partial charge in [-0.3, -0.25) is 0 Å². The molecule has 0 unspecified atom stereocenters. The van der Waals surface area contributed by atoms with E-state index < -0.39 is 7.92 Å². The molecule has 182 valence electrons. The molecule has 1 aromatic heterocycles. The Kier molecular flexibility index (Phi) is 9.41. The Morgan fingerprint density at radius 1 is 0.833 bits per heavy atom. The van der Waals surface area contributed by atoms with Crippen LogP contribution in [-0.4, -0.2) is 10.7 Å². The Labute approximate surface area is 236 Å². The first-order chi connectivity index (χ1) is 17.2. The van der Waals surface area contributed by atoms with E-state index in [9.17, 15) is 0 Å². The van der Waals surface area contributed by atoms with Gasteiger partial charge in [0.1, 0.15) is 12.0 Å². The number of halogens is 1. The van der Waals surface area contributed by atoms with E-state index in [1.54, 1.807) is 6.26 Å². The van der Waals surface area contributed by atoms with Gasteiger partial charge in [-0.05, 0) is 66.2 Å². The van der Waals surface area contributed by atoms with Crippen molar-refractivity contribution in [3.05, 3.63) is 115 Å². The van der Waals surface area contributed by atoms with Crippen LogP contribution in [-0.2, 0) is 0 Å². The van der Waals surface area contributed by atoms with Crippen molar-refractivity contribution in [2.45, 2.75) is 25.2 Å². The molecule has 2 nitrogen and oxygen atoms in total. The fourth-order valence-corrected chi connectivity index (χ4v) is 7.70. The lowest BCUT2D eigenvalue weighted by molar-refractivity contribution is 0.558. The third-order valence-corrected chi connectivity index (χ3v) is 9.53. The second-order valence-electron chi connectivity index (χ2n) is 8.46. The standard InChI is InChI=1S/C31H28NOPS.HI/c1-3-18-35-27-19-28(29-21-33-22-32-29)31(24-16-14-23(2)15-17-24)30(20-27)34(25-10-6-4-7-11-25)26-12-8-5-9-13-26;/h4-17,19-22H,3,18H2,1-2H3;1H. The molecular weight excluding hydrogens is 592 g/mol. The van der Waals surface area contributed by atoms with Crippen LogP contribution in [0.15, 0.2) is 119 Å². The molecule has 0 bridgehead atoms. The van der Waals surface area contributed by atoms with Crippen molar-refractivity contribution >= 4 is 59.6 Å². The van der Waals surface area contributed by atoms with Gasteiger partial charge in [0.2, 0.25) is 0 Å². The summed E-state index contributed by atoms with van der Waals surface area (Å²) in [5.74, 6) is 1.08. The van der Waals surface area contributed by atoms with E-state index in [0.29, 0.717) is 0 Å². The maximum absolute atomic E-state index is 5.46. The summed E-state index contributed by atoms with van der Waals surface area (Å²) in [5, 5.41) is 4.02. The van der Waals surface area contributed by atoms with Gasteiger partial charge in [0.15, 0.2) is 6.39 Å². The number of aromatic nitrogens is 1. The van der Waals surface area contributed by atoms with E-state index in [4.69, 9.17) is 4.42 Å². The molecule has 0 spiro atoms. The van der Waals surface area contributed by atoms with E-state index in [1.165, 1.54) is 43.9 Å². The van der Waals surface area contributed by atoms with Crippen LogP contribution in [0.5, 0.6) is 0 Å². The molecule has 0 aliphatic heterocycles. The molecule has 4 aromatic carbocycles. The van der Waals surface area contributed by atoms with Crippen molar-refractivity contribution in [1.82, 2.24) is 4.98 Å². The molecule has 5 aromatic rings. The first-order valence-electron chi connectivity index (χ1n) is 11.9. The molecule has 36 heavy (non-hydrogen) atoms. The molecule has 0 aliphatic carbocycles. The number of hydrogen-bond donors (Lipinski definition) is 0. The van der Waals surface area contributed by atoms with Gasteiger partial charge in [0.05, 0.1) is 0 Å². The highest BCUT2D eigenvalue weighted by molar-refractivity contribution is 14.0. The van der Waals surface area contributed by atoms with Crippen LogP contribution in [0.2, 0.25) is 0 Å². The van der Waals surface area contributed by atoms with Gasteiger partial charge in [-0.25, -0.2) is 4.98 Å². The van der Waals surface area contributed by atoms with Gasteiger partial charge in [-0.2, -0.15) is 0 Å². The lowest BCUT2D eigenvalue weighted by Crippen LogP contribution is -2.23. The van der Waals surface area contributed by atoms with Gasteiger partial charge in [0.25, 0.3) is 0 Å². The van der Waals surface area contributed by atoms with Crippen molar-refractivity contribution in [3.63, 3.8) is 0 Å². The Bertz CT molecular complexity index is 1330.